The Bertz CT molecular complexity index is 481. The Morgan fingerprint density at radius 1 is 1.47 bits per heavy atom. The summed E-state index contributed by atoms with van der Waals surface area (Å²) in [5.74, 6) is 0.117. The molecule has 0 heterocycles. The number of halogens is 1. The summed E-state index contributed by atoms with van der Waals surface area (Å²) in [4.78, 5) is 2.17. The molecule has 2 N–H and O–H groups in total. The van der Waals surface area contributed by atoms with E-state index in [1.165, 1.54) is 12.5 Å². The van der Waals surface area contributed by atoms with E-state index in [0.29, 0.717) is 30.6 Å². The van der Waals surface area contributed by atoms with E-state index < -0.39 is 0 Å². The van der Waals surface area contributed by atoms with Crippen LogP contribution in [0.3, 0.4) is 0 Å². The summed E-state index contributed by atoms with van der Waals surface area (Å²) in [6.07, 6.45) is 3.47. The molecule has 1 saturated carbocycles. The van der Waals surface area contributed by atoms with Crippen LogP contribution in [-0.2, 0) is 6.54 Å². The third-order valence-corrected chi connectivity index (χ3v) is 4.11. The molecule has 19 heavy (non-hydrogen) atoms. The highest BCUT2D eigenvalue weighted by atomic mass is 19.1. The van der Waals surface area contributed by atoms with Gasteiger partial charge in [0, 0.05) is 18.2 Å². The van der Waals surface area contributed by atoms with Crippen molar-refractivity contribution >= 4 is 0 Å². The van der Waals surface area contributed by atoms with Gasteiger partial charge < -0.3 is 5.73 Å². The molecule has 0 radical (unpaired) electrons. The molecule has 1 aliphatic rings. The zero-order chi connectivity index (χ0) is 13.8. The van der Waals surface area contributed by atoms with Crippen molar-refractivity contribution in [3.8, 4) is 6.07 Å². The van der Waals surface area contributed by atoms with Gasteiger partial charge in [-0.05, 0) is 38.4 Å². The summed E-state index contributed by atoms with van der Waals surface area (Å²) in [6, 6.07) is 7.31. The van der Waals surface area contributed by atoms with Gasteiger partial charge in [-0.2, -0.15) is 5.26 Å². The van der Waals surface area contributed by atoms with Crippen LogP contribution in [0.4, 0.5) is 4.39 Å². The van der Waals surface area contributed by atoms with Crippen molar-refractivity contribution in [1.29, 1.82) is 5.26 Å². The Hall–Kier alpha value is -1.44. The van der Waals surface area contributed by atoms with Crippen molar-refractivity contribution in [1.82, 2.24) is 4.90 Å². The minimum absolute atomic E-state index is 0.118. The highest BCUT2D eigenvalue weighted by molar-refractivity contribution is 5.34. The second-order valence-corrected chi connectivity index (χ2v) is 5.30. The van der Waals surface area contributed by atoms with Crippen LogP contribution < -0.4 is 5.73 Å². The SMILES string of the molecule is CN(Cc1cccc(C#N)c1F)C1CCCC1CN. The molecular weight excluding hydrogens is 241 g/mol. The maximum Gasteiger partial charge on any atom is 0.145 e. The lowest BCUT2D eigenvalue weighted by Crippen LogP contribution is -2.37. The molecule has 0 saturated heterocycles. The minimum Gasteiger partial charge on any atom is -0.330 e. The highest BCUT2D eigenvalue weighted by Crippen LogP contribution is 2.29. The molecular formula is C15H20FN3. The van der Waals surface area contributed by atoms with Crippen LogP contribution >= 0.6 is 0 Å². The van der Waals surface area contributed by atoms with Crippen molar-refractivity contribution < 1.29 is 4.39 Å². The van der Waals surface area contributed by atoms with Crippen LogP contribution in [0.5, 0.6) is 0 Å². The quantitative estimate of drug-likeness (QED) is 0.904. The Labute approximate surface area is 113 Å². The van der Waals surface area contributed by atoms with Gasteiger partial charge in [0.2, 0.25) is 0 Å². The average Bonchev–Trinajstić information content (AvgIpc) is 2.89. The molecule has 1 aromatic carbocycles. The number of benzene rings is 1. The molecule has 1 fully saturated rings. The van der Waals surface area contributed by atoms with E-state index in [0.717, 1.165) is 12.8 Å². The van der Waals surface area contributed by atoms with Gasteiger partial charge >= 0.3 is 0 Å². The van der Waals surface area contributed by atoms with Crippen molar-refractivity contribution in [3.63, 3.8) is 0 Å². The fraction of sp³-hybridized carbons (Fsp3) is 0.533. The third kappa shape index (κ3) is 2.94. The zero-order valence-corrected chi connectivity index (χ0v) is 11.3. The molecule has 102 valence electrons. The van der Waals surface area contributed by atoms with Crippen LogP contribution in [0.1, 0.15) is 30.4 Å². The lowest BCUT2D eigenvalue weighted by Gasteiger charge is -2.29. The Morgan fingerprint density at radius 3 is 2.95 bits per heavy atom. The smallest absolute Gasteiger partial charge is 0.145 e. The first-order valence-corrected chi connectivity index (χ1v) is 6.75. The normalized spacial score (nSPS) is 22.7. The van der Waals surface area contributed by atoms with Crippen molar-refractivity contribution in [3.05, 3.63) is 35.1 Å². The zero-order valence-electron chi connectivity index (χ0n) is 11.3. The summed E-state index contributed by atoms with van der Waals surface area (Å²) in [5, 5.41) is 8.85. The number of nitrogens with zero attached hydrogens (tertiary/aromatic N) is 2. The maximum atomic E-state index is 14.0. The molecule has 1 aliphatic carbocycles. The Kier molecular flexibility index (Phi) is 4.52. The predicted molar refractivity (Wildman–Crippen MR) is 72.8 cm³/mol. The molecule has 2 unspecified atom stereocenters. The second-order valence-electron chi connectivity index (χ2n) is 5.30. The highest BCUT2D eigenvalue weighted by Gasteiger charge is 2.29. The topological polar surface area (TPSA) is 53.0 Å². The summed E-state index contributed by atoms with van der Waals surface area (Å²) in [7, 11) is 2.01. The molecule has 3 nitrogen and oxygen atoms in total. The number of nitriles is 1. The van der Waals surface area contributed by atoms with Crippen LogP contribution in [0.15, 0.2) is 18.2 Å². The van der Waals surface area contributed by atoms with Gasteiger partial charge in [-0.15, -0.1) is 0 Å². The van der Waals surface area contributed by atoms with Gasteiger partial charge in [0.15, 0.2) is 0 Å². The first kappa shape index (κ1) is 14.0. The summed E-state index contributed by atoms with van der Waals surface area (Å²) >= 11 is 0. The molecule has 0 aromatic heterocycles. The monoisotopic (exact) mass is 261 g/mol. The third-order valence-electron chi connectivity index (χ3n) is 4.11. The molecule has 2 atom stereocenters. The Balaban J connectivity index is 2.11. The number of hydrogen-bond acceptors (Lipinski definition) is 3. The van der Waals surface area contributed by atoms with E-state index in [1.54, 1.807) is 12.1 Å². The van der Waals surface area contributed by atoms with Gasteiger partial charge in [0.1, 0.15) is 11.9 Å². The first-order chi connectivity index (χ1) is 9.17. The summed E-state index contributed by atoms with van der Waals surface area (Å²) in [6.45, 7) is 1.22. The predicted octanol–water partition coefficient (Wildman–Crippen LogP) is 2.26. The van der Waals surface area contributed by atoms with Gasteiger partial charge in [0.05, 0.1) is 5.56 Å². The number of rotatable bonds is 4. The largest absolute Gasteiger partial charge is 0.330 e. The molecule has 0 amide bonds. The van der Waals surface area contributed by atoms with E-state index in [9.17, 15) is 4.39 Å². The van der Waals surface area contributed by atoms with Gasteiger partial charge in [-0.25, -0.2) is 4.39 Å². The Morgan fingerprint density at radius 2 is 2.26 bits per heavy atom. The van der Waals surface area contributed by atoms with E-state index in [-0.39, 0.29) is 11.4 Å². The van der Waals surface area contributed by atoms with Crippen LogP contribution in [-0.4, -0.2) is 24.5 Å². The molecule has 4 heteroatoms. The van der Waals surface area contributed by atoms with Crippen LogP contribution in [0.25, 0.3) is 0 Å². The fourth-order valence-corrected chi connectivity index (χ4v) is 3.05. The first-order valence-electron chi connectivity index (χ1n) is 6.75. The maximum absolute atomic E-state index is 14.0. The molecule has 0 aliphatic heterocycles. The van der Waals surface area contributed by atoms with Gasteiger partial charge in [0.25, 0.3) is 0 Å². The van der Waals surface area contributed by atoms with Crippen LogP contribution in [0.2, 0.25) is 0 Å². The van der Waals surface area contributed by atoms with Gasteiger partial charge in [-0.1, -0.05) is 18.6 Å². The molecule has 2 rings (SSSR count). The average molecular weight is 261 g/mol. The minimum atomic E-state index is -0.390. The van der Waals surface area contributed by atoms with Crippen molar-refractivity contribution in [2.45, 2.75) is 31.8 Å². The second kappa shape index (κ2) is 6.14. The lowest BCUT2D eigenvalue weighted by atomic mass is 10.0. The van der Waals surface area contributed by atoms with E-state index in [4.69, 9.17) is 11.0 Å². The van der Waals surface area contributed by atoms with Crippen LogP contribution in [0, 0.1) is 23.1 Å². The number of hydrogen-bond donors (Lipinski definition) is 1. The van der Waals surface area contributed by atoms with E-state index in [1.807, 2.05) is 13.1 Å². The number of nitrogens with two attached hydrogens (primary N) is 1. The molecule has 0 spiro atoms. The summed E-state index contributed by atoms with van der Waals surface area (Å²) in [5.41, 5.74) is 6.49. The van der Waals surface area contributed by atoms with Gasteiger partial charge in [-0.3, -0.25) is 4.90 Å². The van der Waals surface area contributed by atoms with E-state index in [2.05, 4.69) is 4.90 Å². The fourth-order valence-electron chi connectivity index (χ4n) is 3.05. The van der Waals surface area contributed by atoms with Crippen molar-refractivity contribution in [2.24, 2.45) is 11.7 Å². The lowest BCUT2D eigenvalue weighted by molar-refractivity contribution is 0.190. The summed E-state index contributed by atoms with van der Waals surface area (Å²) < 4.78 is 14.0. The standard InChI is InChI=1S/C15H20FN3/c1-19(14-7-3-4-11(14)8-17)10-13-6-2-5-12(9-18)15(13)16/h2,5-6,11,14H,3-4,7-8,10,17H2,1H3. The molecule has 1 aromatic rings. The van der Waals surface area contributed by atoms with Crippen molar-refractivity contribution in [2.75, 3.05) is 13.6 Å². The molecule has 0 bridgehead atoms. The van der Waals surface area contributed by atoms with E-state index >= 15 is 0 Å².